The Bertz CT molecular complexity index is 590. The fourth-order valence-corrected chi connectivity index (χ4v) is 3.07. The third kappa shape index (κ3) is 2.57. The molecule has 2 aliphatic rings. The Labute approximate surface area is 122 Å². The second kappa shape index (κ2) is 5.35. The Morgan fingerprint density at radius 3 is 2.86 bits per heavy atom. The monoisotopic (exact) mass is 292 g/mol. The summed E-state index contributed by atoms with van der Waals surface area (Å²) in [6, 6.07) is 4.26. The molecule has 1 saturated heterocycles. The van der Waals surface area contributed by atoms with Crippen LogP contribution in [0.2, 0.25) is 0 Å². The summed E-state index contributed by atoms with van der Waals surface area (Å²) in [6.07, 6.45) is 1.99. The number of carbonyl (C=O) groups excluding carboxylic acids is 1. The number of hydrogen-bond acceptors (Lipinski definition) is 2. The van der Waals surface area contributed by atoms with Crippen LogP contribution < -0.4 is 4.90 Å². The SMILES string of the molecule is O=C(O)C1CCCN(C(=O)N2CCc3ccc(F)cc32)C1. The van der Waals surface area contributed by atoms with Crippen LogP contribution in [0.1, 0.15) is 18.4 Å². The highest BCUT2D eigenvalue weighted by molar-refractivity contribution is 5.94. The Balaban J connectivity index is 1.78. The van der Waals surface area contributed by atoms with Crippen molar-refractivity contribution in [3.8, 4) is 0 Å². The second-order valence-corrected chi connectivity index (χ2v) is 5.58. The van der Waals surface area contributed by atoms with Crippen LogP contribution in [-0.2, 0) is 11.2 Å². The molecule has 1 aromatic rings. The normalized spacial score (nSPS) is 21.3. The zero-order chi connectivity index (χ0) is 15.0. The molecule has 1 fully saturated rings. The number of nitrogens with zero attached hydrogens (tertiary/aromatic N) is 2. The van der Waals surface area contributed by atoms with E-state index in [1.165, 1.54) is 12.1 Å². The van der Waals surface area contributed by atoms with E-state index in [1.807, 2.05) is 0 Å². The average Bonchev–Trinajstić information content (AvgIpc) is 2.89. The highest BCUT2D eigenvalue weighted by atomic mass is 19.1. The molecule has 1 atom stereocenters. The van der Waals surface area contributed by atoms with Gasteiger partial charge in [0.2, 0.25) is 0 Å². The predicted octanol–water partition coefficient (Wildman–Crippen LogP) is 2.10. The van der Waals surface area contributed by atoms with Crippen molar-refractivity contribution < 1.29 is 19.1 Å². The molecule has 0 aliphatic carbocycles. The van der Waals surface area contributed by atoms with Crippen molar-refractivity contribution in [3.05, 3.63) is 29.6 Å². The number of fused-ring (bicyclic) bond motifs is 1. The third-order valence-corrected chi connectivity index (χ3v) is 4.21. The summed E-state index contributed by atoms with van der Waals surface area (Å²) in [5.74, 6) is -1.73. The van der Waals surface area contributed by atoms with Gasteiger partial charge < -0.3 is 10.0 Å². The molecule has 1 N–H and O–H groups in total. The Kier molecular flexibility index (Phi) is 3.53. The quantitative estimate of drug-likeness (QED) is 0.862. The van der Waals surface area contributed by atoms with Gasteiger partial charge in [0, 0.05) is 19.6 Å². The minimum atomic E-state index is -0.861. The largest absolute Gasteiger partial charge is 0.481 e. The van der Waals surface area contributed by atoms with Crippen LogP contribution in [0.4, 0.5) is 14.9 Å². The lowest BCUT2D eigenvalue weighted by molar-refractivity contribution is -0.143. The number of halogens is 1. The summed E-state index contributed by atoms with van der Waals surface area (Å²) in [5.41, 5.74) is 1.56. The van der Waals surface area contributed by atoms with E-state index < -0.39 is 11.9 Å². The number of amides is 2. The number of carbonyl (C=O) groups is 2. The summed E-state index contributed by atoms with van der Waals surface area (Å²) in [6.45, 7) is 1.31. The maximum Gasteiger partial charge on any atom is 0.324 e. The molecule has 2 heterocycles. The van der Waals surface area contributed by atoms with E-state index in [0.717, 1.165) is 5.56 Å². The molecular weight excluding hydrogens is 275 g/mol. The first-order chi connectivity index (χ1) is 10.1. The van der Waals surface area contributed by atoms with Crippen molar-refractivity contribution in [1.82, 2.24) is 4.90 Å². The molecule has 3 rings (SSSR count). The number of carboxylic acids is 1. The van der Waals surface area contributed by atoms with Gasteiger partial charge in [-0.15, -0.1) is 0 Å². The van der Waals surface area contributed by atoms with Gasteiger partial charge in [-0.25, -0.2) is 9.18 Å². The number of carboxylic acid groups (broad SMARTS) is 1. The van der Waals surface area contributed by atoms with Gasteiger partial charge in [-0.2, -0.15) is 0 Å². The maximum atomic E-state index is 13.4. The molecule has 0 saturated carbocycles. The molecule has 0 aromatic heterocycles. The minimum Gasteiger partial charge on any atom is -0.481 e. The van der Waals surface area contributed by atoms with E-state index >= 15 is 0 Å². The van der Waals surface area contributed by atoms with Crippen molar-refractivity contribution in [3.63, 3.8) is 0 Å². The van der Waals surface area contributed by atoms with E-state index in [0.29, 0.717) is 38.0 Å². The lowest BCUT2D eigenvalue weighted by Crippen LogP contribution is -2.48. The van der Waals surface area contributed by atoms with Crippen LogP contribution in [0.3, 0.4) is 0 Å². The molecule has 2 amide bonds. The number of likely N-dealkylation sites (tertiary alicyclic amines) is 1. The van der Waals surface area contributed by atoms with Gasteiger partial charge in [0.1, 0.15) is 5.82 Å². The van der Waals surface area contributed by atoms with Crippen LogP contribution >= 0.6 is 0 Å². The van der Waals surface area contributed by atoms with Crippen molar-refractivity contribution in [2.45, 2.75) is 19.3 Å². The number of hydrogen-bond donors (Lipinski definition) is 1. The van der Waals surface area contributed by atoms with Gasteiger partial charge >= 0.3 is 12.0 Å². The van der Waals surface area contributed by atoms with Crippen LogP contribution in [0, 0.1) is 11.7 Å². The fourth-order valence-electron chi connectivity index (χ4n) is 3.07. The Morgan fingerprint density at radius 2 is 2.10 bits per heavy atom. The van der Waals surface area contributed by atoms with E-state index in [4.69, 9.17) is 5.11 Å². The molecule has 1 unspecified atom stereocenters. The first-order valence-electron chi connectivity index (χ1n) is 7.14. The standard InChI is InChI=1S/C15H17FN2O3/c16-12-4-3-10-5-7-18(13(10)8-12)15(21)17-6-1-2-11(9-17)14(19)20/h3-4,8,11H,1-2,5-7,9H2,(H,19,20). The van der Waals surface area contributed by atoms with E-state index in [-0.39, 0.29) is 18.4 Å². The zero-order valence-corrected chi connectivity index (χ0v) is 11.6. The molecular formula is C15H17FN2O3. The number of aliphatic carboxylic acids is 1. The highest BCUT2D eigenvalue weighted by Gasteiger charge is 2.33. The lowest BCUT2D eigenvalue weighted by atomic mass is 9.99. The van der Waals surface area contributed by atoms with Crippen LogP contribution in [0.5, 0.6) is 0 Å². The first kappa shape index (κ1) is 13.9. The van der Waals surface area contributed by atoms with Crippen LogP contribution in [-0.4, -0.2) is 41.6 Å². The third-order valence-electron chi connectivity index (χ3n) is 4.21. The van der Waals surface area contributed by atoms with Gasteiger partial charge in [0.05, 0.1) is 11.6 Å². The number of piperidine rings is 1. The Morgan fingerprint density at radius 1 is 1.29 bits per heavy atom. The van der Waals surface area contributed by atoms with E-state index in [2.05, 4.69) is 0 Å². The minimum absolute atomic E-state index is 0.217. The lowest BCUT2D eigenvalue weighted by Gasteiger charge is -2.33. The predicted molar refractivity (Wildman–Crippen MR) is 74.8 cm³/mol. The molecule has 6 heteroatoms. The first-order valence-corrected chi connectivity index (χ1v) is 7.14. The molecule has 0 radical (unpaired) electrons. The van der Waals surface area contributed by atoms with Crippen molar-refractivity contribution in [2.24, 2.45) is 5.92 Å². The van der Waals surface area contributed by atoms with Gasteiger partial charge in [0.25, 0.3) is 0 Å². The van der Waals surface area contributed by atoms with Gasteiger partial charge in [-0.1, -0.05) is 6.07 Å². The molecule has 0 spiro atoms. The van der Waals surface area contributed by atoms with E-state index in [1.54, 1.807) is 15.9 Å². The summed E-state index contributed by atoms with van der Waals surface area (Å²) in [7, 11) is 0. The van der Waals surface area contributed by atoms with Gasteiger partial charge in [0.15, 0.2) is 0 Å². The number of urea groups is 1. The fraction of sp³-hybridized carbons (Fsp3) is 0.467. The molecule has 1 aromatic carbocycles. The highest BCUT2D eigenvalue weighted by Crippen LogP contribution is 2.30. The average molecular weight is 292 g/mol. The van der Waals surface area contributed by atoms with Crippen LogP contribution in [0.15, 0.2) is 18.2 Å². The van der Waals surface area contributed by atoms with E-state index in [9.17, 15) is 14.0 Å². The zero-order valence-electron chi connectivity index (χ0n) is 11.6. The summed E-state index contributed by atoms with van der Waals surface area (Å²) < 4.78 is 13.4. The number of rotatable bonds is 1. The molecule has 21 heavy (non-hydrogen) atoms. The number of benzene rings is 1. The van der Waals surface area contributed by atoms with Crippen molar-refractivity contribution >= 4 is 17.7 Å². The number of anilines is 1. The second-order valence-electron chi connectivity index (χ2n) is 5.58. The van der Waals surface area contributed by atoms with Crippen molar-refractivity contribution in [1.29, 1.82) is 0 Å². The molecule has 112 valence electrons. The smallest absolute Gasteiger partial charge is 0.324 e. The van der Waals surface area contributed by atoms with Crippen LogP contribution in [0.25, 0.3) is 0 Å². The maximum absolute atomic E-state index is 13.4. The van der Waals surface area contributed by atoms with Crippen molar-refractivity contribution in [2.75, 3.05) is 24.5 Å². The summed E-state index contributed by atoms with van der Waals surface area (Å²) in [4.78, 5) is 26.8. The van der Waals surface area contributed by atoms with Gasteiger partial charge in [-0.3, -0.25) is 9.69 Å². The molecule has 5 nitrogen and oxygen atoms in total. The topological polar surface area (TPSA) is 60.9 Å². The molecule has 0 bridgehead atoms. The summed E-state index contributed by atoms with van der Waals surface area (Å²) in [5, 5.41) is 9.10. The molecule has 2 aliphatic heterocycles. The Hall–Kier alpha value is -2.11. The summed E-state index contributed by atoms with van der Waals surface area (Å²) >= 11 is 0. The van der Waals surface area contributed by atoms with Gasteiger partial charge in [-0.05, 0) is 37.0 Å².